The van der Waals surface area contributed by atoms with Crippen LogP contribution in [-0.2, 0) is 7.05 Å². The SMILES string of the molecule is C[C@H](NC(N)=O)c1nc2cccc(C#Cc3cnn(C)c3)c2c(=O)n1-c1ccccc1. The van der Waals surface area contributed by atoms with Crippen LogP contribution in [0, 0.1) is 11.8 Å². The van der Waals surface area contributed by atoms with Gasteiger partial charge in [0.15, 0.2) is 0 Å². The quantitative estimate of drug-likeness (QED) is 0.503. The lowest BCUT2D eigenvalue weighted by molar-refractivity contribution is 0.245. The van der Waals surface area contributed by atoms with Crippen LogP contribution in [0.2, 0.25) is 0 Å². The van der Waals surface area contributed by atoms with Crippen LogP contribution in [0.4, 0.5) is 4.79 Å². The number of aryl methyl sites for hydroxylation is 1. The number of nitrogens with two attached hydrogens (primary N) is 1. The number of primary amides is 1. The van der Waals surface area contributed by atoms with Crippen LogP contribution in [0.5, 0.6) is 0 Å². The van der Waals surface area contributed by atoms with Crippen LogP contribution in [0.1, 0.15) is 29.9 Å². The summed E-state index contributed by atoms with van der Waals surface area (Å²) in [5.74, 6) is 6.49. The maximum Gasteiger partial charge on any atom is 0.312 e. The summed E-state index contributed by atoms with van der Waals surface area (Å²) >= 11 is 0. The van der Waals surface area contributed by atoms with E-state index in [1.165, 1.54) is 4.57 Å². The van der Waals surface area contributed by atoms with Gasteiger partial charge in [0.1, 0.15) is 5.82 Å². The first-order chi connectivity index (χ1) is 14.9. The van der Waals surface area contributed by atoms with E-state index < -0.39 is 12.1 Å². The normalized spacial score (nSPS) is 11.5. The molecule has 0 radical (unpaired) electrons. The summed E-state index contributed by atoms with van der Waals surface area (Å²) in [6.07, 6.45) is 3.46. The minimum atomic E-state index is -0.697. The van der Waals surface area contributed by atoms with Gasteiger partial charge < -0.3 is 11.1 Å². The third-order valence-electron chi connectivity index (χ3n) is 4.73. The lowest BCUT2D eigenvalue weighted by Gasteiger charge is -2.19. The van der Waals surface area contributed by atoms with E-state index in [2.05, 4.69) is 22.3 Å². The van der Waals surface area contributed by atoms with Crippen LogP contribution < -0.4 is 16.6 Å². The molecule has 0 fully saturated rings. The van der Waals surface area contributed by atoms with Gasteiger partial charge in [0, 0.05) is 18.8 Å². The molecular formula is C23H20N6O2. The summed E-state index contributed by atoms with van der Waals surface area (Å²) in [6.45, 7) is 1.73. The van der Waals surface area contributed by atoms with Crippen molar-refractivity contribution < 1.29 is 4.79 Å². The van der Waals surface area contributed by atoms with Crippen molar-refractivity contribution in [2.24, 2.45) is 12.8 Å². The smallest absolute Gasteiger partial charge is 0.312 e. The average Bonchev–Trinajstić information content (AvgIpc) is 3.17. The minimum absolute atomic E-state index is 0.277. The highest BCUT2D eigenvalue weighted by atomic mass is 16.2. The number of amides is 2. The highest BCUT2D eigenvalue weighted by Gasteiger charge is 2.20. The lowest BCUT2D eigenvalue weighted by Crippen LogP contribution is -2.36. The molecule has 0 aliphatic rings. The van der Waals surface area contributed by atoms with Crippen molar-refractivity contribution in [1.29, 1.82) is 0 Å². The van der Waals surface area contributed by atoms with Crippen molar-refractivity contribution in [2.45, 2.75) is 13.0 Å². The van der Waals surface area contributed by atoms with E-state index in [-0.39, 0.29) is 5.56 Å². The van der Waals surface area contributed by atoms with Gasteiger partial charge >= 0.3 is 6.03 Å². The van der Waals surface area contributed by atoms with Crippen LogP contribution >= 0.6 is 0 Å². The molecule has 0 unspecified atom stereocenters. The van der Waals surface area contributed by atoms with Gasteiger partial charge in [-0.15, -0.1) is 0 Å². The fourth-order valence-corrected chi connectivity index (χ4v) is 3.37. The van der Waals surface area contributed by atoms with E-state index in [0.717, 1.165) is 5.56 Å². The number of para-hydroxylation sites is 1. The van der Waals surface area contributed by atoms with Crippen LogP contribution in [-0.4, -0.2) is 25.4 Å². The van der Waals surface area contributed by atoms with Crippen molar-refractivity contribution in [3.05, 3.63) is 88.2 Å². The number of aromatic nitrogens is 4. The van der Waals surface area contributed by atoms with Crippen molar-refractivity contribution in [3.8, 4) is 17.5 Å². The molecule has 0 bridgehead atoms. The van der Waals surface area contributed by atoms with E-state index >= 15 is 0 Å². The Labute approximate surface area is 178 Å². The zero-order valence-electron chi connectivity index (χ0n) is 17.0. The Balaban J connectivity index is 1.98. The molecule has 4 rings (SSSR count). The molecule has 2 heterocycles. The number of nitrogens with zero attached hydrogens (tertiary/aromatic N) is 4. The first-order valence-corrected chi connectivity index (χ1v) is 9.62. The van der Waals surface area contributed by atoms with Crippen LogP contribution in [0.25, 0.3) is 16.6 Å². The number of carbonyl (C=O) groups is 1. The highest BCUT2D eigenvalue weighted by molar-refractivity contribution is 5.85. The molecule has 2 amide bonds. The molecule has 2 aromatic heterocycles. The fraction of sp³-hybridized carbons (Fsp3) is 0.130. The molecule has 0 saturated heterocycles. The largest absolute Gasteiger partial charge is 0.352 e. The topological polar surface area (TPSA) is 108 Å². The van der Waals surface area contributed by atoms with Gasteiger partial charge in [0.25, 0.3) is 5.56 Å². The molecule has 154 valence electrons. The molecule has 8 nitrogen and oxygen atoms in total. The Morgan fingerprint density at radius 1 is 1.13 bits per heavy atom. The minimum Gasteiger partial charge on any atom is -0.352 e. The fourth-order valence-electron chi connectivity index (χ4n) is 3.37. The molecule has 0 spiro atoms. The highest BCUT2D eigenvalue weighted by Crippen LogP contribution is 2.20. The van der Waals surface area contributed by atoms with Gasteiger partial charge in [-0.2, -0.15) is 5.10 Å². The Kier molecular flexibility index (Phi) is 5.24. The molecule has 0 aliphatic carbocycles. The van der Waals surface area contributed by atoms with Crippen LogP contribution in [0.15, 0.2) is 65.7 Å². The zero-order chi connectivity index (χ0) is 22.0. The van der Waals surface area contributed by atoms with Crippen molar-refractivity contribution in [2.75, 3.05) is 0 Å². The van der Waals surface area contributed by atoms with Crippen molar-refractivity contribution in [1.82, 2.24) is 24.6 Å². The van der Waals surface area contributed by atoms with Gasteiger partial charge in [-0.25, -0.2) is 9.78 Å². The summed E-state index contributed by atoms with van der Waals surface area (Å²) < 4.78 is 3.15. The third-order valence-corrected chi connectivity index (χ3v) is 4.73. The number of urea groups is 1. The molecule has 1 atom stereocenters. The molecule has 8 heteroatoms. The van der Waals surface area contributed by atoms with Gasteiger partial charge in [-0.05, 0) is 31.2 Å². The van der Waals surface area contributed by atoms with Gasteiger partial charge in [-0.3, -0.25) is 14.0 Å². The first kappa shape index (κ1) is 19.9. The average molecular weight is 412 g/mol. The first-order valence-electron chi connectivity index (χ1n) is 9.62. The maximum atomic E-state index is 13.7. The summed E-state index contributed by atoms with van der Waals surface area (Å²) in [5.41, 5.74) is 7.45. The van der Waals surface area contributed by atoms with E-state index in [4.69, 9.17) is 10.7 Å². The lowest BCUT2D eigenvalue weighted by atomic mass is 10.1. The molecule has 4 aromatic rings. The Morgan fingerprint density at radius 3 is 2.58 bits per heavy atom. The summed E-state index contributed by atoms with van der Waals surface area (Å²) in [5, 5.41) is 7.11. The second kappa shape index (κ2) is 8.16. The molecule has 3 N–H and O–H groups in total. The molecular weight excluding hydrogens is 392 g/mol. The van der Waals surface area contributed by atoms with Crippen molar-refractivity contribution in [3.63, 3.8) is 0 Å². The molecule has 0 saturated carbocycles. The number of fused-ring (bicyclic) bond motifs is 1. The van der Waals surface area contributed by atoms with Crippen LogP contribution in [0.3, 0.4) is 0 Å². The monoisotopic (exact) mass is 412 g/mol. The summed E-state index contributed by atoms with van der Waals surface area (Å²) in [6, 6.07) is 13.2. The maximum absolute atomic E-state index is 13.7. The number of hydrogen-bond acceptors (Lipinski definition) is 4. The summed E-state index contributed by atoms with van der Waals surface area (Å²) in [7, 11) is 1.81. The van der Waals surface area contributed by atoms with E-state index in [1.807, 2.05) is 25.2 Å². The number of benzene rings is 2. The predicted octanol–water partition coefficient (Wildman–Crippen LogP) is 2.25. The predicted molar refractivity (Wildman–Crippen MR) is 118 cm³/mol. The molecule has 31 heavy (non-hydrogen) atoms. The van der Waals surface area contributed by atoms with E-state index in [0.29, 0.717) is 28.0 Å². The third kappa shape index (κ3) is 4.02. The van der Waals surface area contributed by atoms with E-state index in [1.54, 1.807) is 54.3 Å². The van der Waals surface area contributed by atoms with Gasteiger partial charge in [-0.1, -0.05) is 36.1 Å². The second-order valence-corrected chi connectivity index (χ2v) is 7.03. The van der Waals surface area contributed by atoms with Crippen molar-refractivity contribution >= 4 is 16.9 Å². The second-order valence-electron chi connectivity index (χ2n) is 7.03. The molecule has 0 aliphatic heterocycles. The Bertz CT molecular complexity index is 1390. The number of hydrogen-bond donors (Lipinski definition) is 2. The standard InChI is InChI=1S/C23H20N6O2/c1-15(26-23(24)31)21-27-19-10-6-7-17(12-11-16-13-25-28(2)14-16)20(19)22(30)29(21)18-8-4-3-5-9-18/h3-10,13-15H,1-2H3,(H3,24,26,31)/t15-/m0/s1. The summed E-state index contributed by atoms with van der Waals surface area (Å²) in [4.78, 5) is 29.8. The van der Waals surface area contributed by atoms with E-state index in [9.17, 15) is 9.59 Å². The van der Waals surface area contributed by atoms with Gasteiger partial charge in [0.05, 0.1) is 34.4 Å². The number of nitrogens with one attached hydrogen (secondary N) is 1. The van der Waals surface area contributed by atoms with Gasteiger partial charge in [0.2, 0.25) is 0 Å². The zero-order valence-corrected chi connectivity index (χ0v) is 17.0. The number of rotatable bonds is 3. The number of carbonyl (C=O) groups excluding carboxylic acids is 1. The Hall–Kier alpha value is -4.38. The molecule has 2 aromatic carbocycles. The Morgan fingerprint density at radius 2 is 1.90 bits per heavy atom.